The van der Waals surface area contributed by atoms with Crippen molar-refractivity contribution in [2.45, 2.75) is 37.0 Å². The lowest BCUT2D eigenvalue weighted by molar-refractivity contribution is -0.118. The van der Waals surface area contributed by atoms with Gasteiger partial charge in [0.2, 0.25) is 5.91 Å². The number of amides is 1. The van der Waals surface area contributed by atoms with Crippen molar-refractivity contribution in [1.29, 1.82) is 0 Å². The summed E-state index contributed by atoms with van der Waals surface area (Å²) in [5.41, 5.74) is 2.56. The number of fused-ring (bicyclic) bond motifs is 1. The number of rotatable bonds is 8. The van der Waals surface area contributed by atoms with Crippen molar-refractivity contribution in [2.75, 3.05) is 12.0 Å². The van der Waals surface area contributed by atoms with E-state index in [1.165, 1.54) is 16.2 Å². The summed E-state index contributed by atoms with van der Waals surface area (Å²) >= 11 is 3.30. The smallest absolute Gasteiger partial charge is 0.233 e. The Bertz CT molecular complexity index is 1190. The fraction of sp³-hybridized carbons (Fsp3) is 0.240. The normalized spacial score (nSPS) is 11.1. The van der Waals surface area contributed by atoms with Gasteiger partial charge in [0, 0.05) is 16.3 Å². The van der Waals surface area contributed by atoms with E-state index in [-0.39, 0.29) is 5.91 Å². The molecule has 4 rings (SSSR count). The largest absolute Gasteiger partial charge is 0.494 e. The van der Waals surface area contributed by atoms with Gasteiger partial charge in [-0.1, -0.05) is 49.4 Å². The highest BCUT2D eigenvalue weighted by Crippen LogP contribution is 2.35. The Morgan fingerprint density at radius 3 is 2.59 bits per heavy atom. The molecule has 0 bridgehead atoms. The number of ether oxygens (including phenoxy) is 1. The summed E-state index contributed by atoms with van der Waals surface area (Å²) in [5.74, 6) is 0.686. The van der Waals surface area contributed by atoms with Crippen LogP contribution >= 0.6 is 23.1 Å². The first kappa shape index (κ1) is 22.3. The second kappa shape index (κ2) is 10.1. The number of carbonyl (C=O) groups is 1. The van der Waals surface area contributed by atoms with Gasteiger partial charge in [0.05, 0.1) is 30.5 Å². The van der Waals surface area contributed by atoms with Crippen molar-refractivity contribution in [3.05, 3.63) is 78.1 Å². The molecule has 7 heteroatoms. The lowest BCUT2D eigenvalue weighted by atomic mass is 10.1. The summed E-state index contributed by atoms with van der Waals surface area (Å²) in [5, 5.41) is 1.17. The molecule has 0 atom stereocenters. The van der Waals surface area contributed by atoms with Crippen molar-refractivity contribution in [3.8, 4) is 5.75 Å². The number of pyridine rings is 1. The number of thiazole rings is 1. The molecule has 32 heavy (non-hydrogen) atoms. The first-order chi connectivity index (χ1) is 15.5. The summed E-state index contributed by atoms with van der Waals surface area (Å²) in [6.07, 6.45) is 2.04. The zero-order valence-corrected chi connectivity index (χ0v) is 20.0. The third-order valence-electron chi connectivity index (χ3n) is 4.82. The molecule has 0 saturated carbocycles. The highest BCUT2D eigenvalue weighted by molar-refractivity contribution is 7.99. The number of anilines is 1. The van der Waals surface area contributed by atoms with Crippen LogP contribution in [0.25, 0.3) is 10.2 Å². The number of hydrogen-bond donors (Lipinski definition) is 0. The van der Waals surface area contributed by atoms with E-state index >= 15 is 0 Å². The first-order valence-corrected chi connectivity index (χ1v) is 12.1. The molecular formula is C25H25N3O2S2. The van der Waals surface area contributed by atoms with Gasteiger partial charge in [0.1, 0.15) is 11.3 Å². The third kappa shape index (κ3) is 5.29. The molecule has 0 N–H and O–H groups in total. The lowest BCUT2D eigenvalue weighted by Crippen LogP contribution is -2.32. The summed E-state index contributed by atoms with van der Waals surface area (Å²) < 4.78 is 6.44. The number of carbonyl (C=O) groups excluding carboxylic acids is 1. The molecule has 164 valence electrons. The molecule has 0 aliphatic carbocycles. The summed E-state index contributed by atoms with van der Waals surface area (Å²) in [4.78, 5) is 25.5. The van der Waals surface area contributed by atoms with E-state index in [0.29, 0.717) is 29.1 Å². The van der Waals surface area contributed by atoms with Gasteiger partial charge in [-0.2, -0.15) is 0 Å². The van der Waals surface area contributed by atoms with Crippen LogP contribution in [0.4, 0.5) is 5.13 Å². The predicted octanol–water partition coefficient (Wildman–Crippen LogP) is 5.98. The average molecular weight is 464 g/mol. The van der Waals surface area contributed by atoms with Gasteiger partial charge in [0.25, 0.3) is 0 Å². The summed E-state index contributed by atoms with van der Waals surface area (Å²) in [6.45, 7) is 4.71. The van der Waals surface area contributed by atoms with Crippen LogP contribution in [0, 0.1) is 0 Å². The SMILES string of the molecule is COc1cccc2sc(N(Cc3ccccn3)C(=O)Cc3ccc(SC(C)C)cc3)nc12. The minimum Gasteiger partial charge on any atom is -0.494 e. The lowest BCUT2D eigenvalue weighted by Gasteiger charge is -2.19. The Morgan fingerprint density at radius 2 is 1.91 bits per heavy atom. The minimum atomic E-state index is -0.0158. The molecule has 2 aromatic carbocycles. The first-order valence-electron chi connectivity index (χ1n) is 10.4. The number of para-hydroxylation sites is 1. The Balaban J connectivity index is 1.63. The Labute approximate surface area is 196 Å². The molecule has 0 fully saturated rings. The van der Waals surface area contributed by atoms with Gasteiger partial charge >= 0.3 is 0 Å². The number of methoxy groups -OCH3 is 1. The fourth-order valence-corrected chi connectivity index (χ4v) is 5.17. The molecule has 2 aromatic heterocycles. The Morgan fingerprint density at radius 1 is 1.09 bits per heavy atom. The van der Waals surface area contributed by atoms with E-state index in [1.807, 2.05) is 60.3 Å². The van der Waals surface area contributed by atoms with Gasteiger partial charge in [-0.25, -0.2) is 4.98 Å². The van der Waals surface area contributed by atoms with E-state index in [2.05, 4.69) is 31.0 Å². The molecular weight excluding hydrogens is 438 g/mol. The van der Waals surface area contributed by atoms with E-state index in [4.69, 9.17) is 9.72 Å². The van der Waals surface area contributed by atoms with Crippen molar-refractivity contribution in [3.63, 3.8) is 0 Å². The molecule has 0 spiro atoms. The second-order valence-electron chi connectivity index (χ2n) is 7.59. The van der Waals surface area contributed by atoms with Gasteiger partial charge in [-0.3, -0.25) is 14.7 Å². The Kier molecular flexibility index (Phi) is 7.07. The average Bonchev–Trinajstić information content (AvgIpc) is 3.23. The van der Waals surface area contributed by atoms with Crippen molar-refractivity contribution in [2.24, 2.45) is 0 Å². The predicted molar refractivity (Wildman–Crippen MR) is 133 cm³/mol. The highest BCUT2D eigenvalue weighted by atomic mass is 32.2. The molecule has 0 unspecified atom stereocenters. The number of benzene rings is 2. The number of nitrogens with zero attached hydrogens (tertiary/aromatic N) is 3. The van der Waals surface area contributed by atoms with Gasteiger partial charge in [-0.05, 0) is 42.0 Å². The third-order valence-corrected chi connectivity index (χ3v) is 6.88. The van der Waals surface area contributed by atoms with E-state index in [9.17, 15) is 4.79 Å². The molecule has 0 saturated heterocycles. The van der Waals surface area contributed by atoms with Crippen LogP contribution < -0.4 is 9.64 Å². The van der Waals surface area contributed by atoms with E-state index in [0.717, 1.165) is 21.5 Å². The molecule has 0 aliphatic rings. The maximum atomic E-state index is 13.4. The quantitative estimate of drug-likeness (QED) is 0.301. The summed E-state index contributed by atoms with van der Waals surface area (Å²) in [6, 6.07) is 19.8. The molecule has 0 aliphatic heterocycles. The molecule has 0 radical (unpaired) electrons. The van der Waals surface area contributed by atoms with Crippen LogP contribution in [-0.2, 0) is 17.8 Å². The maximum Gasteiger partial charge on any atom is 0.233 e. The number of aromatic nitrogens is 2. The number of hydrogen-bond acceptors (Lipinski definition) is 6. The van der Waals surface area contributed by atoms with Gasteiger partial charge < -0.3 is 4.74 Å². The maximum absolute atomic E-state index is 13.4. The van der Waals surface area contributed by atoms with Crippen LogP contribution in [0.2, 0.25) is 0 Å². The molecule has 1 amide bonds. The molecule has 4 aromatic rings. The van der Waals surface area contributed by atoms with Crippen molar-refractivity contribution < 1.29 is 9.53 Å². The van der Waals surface area contributed by atoms with Crippen molar-refractivity contribution in [1.82, 2.24) is 9.97 Å². The van der Waals surface area contributed by atoms with Crippen molar-refractivity contribution >= 4 is 44.4 Å². The van der Waals surface area contributed by atoms with Gasteiger partial charge in [0.15, 0.2) is 5.13 Å². The standard InChI is InChI=1S/C25H25N3O2S2/c1-17(2)31-20-12-10-18(11-13-20)15-23(29)28(16-19-7-4-5-14-26-19)25-27-24-21(30-3)8-6-9-22(24)32-25/h4-14,17H,15-16H2,1-3H3. The summed E-state index contributed by atoms with van der Waals surface area (Å²) in [7, 11) is 1.63. The van der Waals surface area contributed by atoms with Crippen LogP contribution in [0.3, 0.4) is 0 Å². The molecule has 2 heterocycles. The molecule has 5 nitrogen and oxygen atoms in total. The fourth-order valence-electron chi connectivity index (χ4n) is 3.34. The second-order valence-corrected chi connectivity index (χ2v) is 10.3. The Hall–Kier alpha value is -2.90. The highest BCUT2D eigenvalue weighted by Gasteiger charge is 2.22. The minimum absolute atomic E-state index is 0.0158. The van der Waals surface area contributed by atoms with Crippen LogP contribution in [0.1, 0.15) is 25.1 Å². The van der Waals surface area contributed by atoms with E-state index < -0.39 is 0 Å². The van der Waals surface area contributed by atoms with Gasteiger partial charge in [-0.15, -0.1) is 11.8 Å². The van der Waals surface area contributed by atoms with Crippen LogP contribution in [-0.4, -0.2) is 28.2 Å². The van der Waals surface area contributed by atoms with Crippen LogP contribution in [0.5, 0.6) is 5.75 Å². The van der Waals surface area contributed by atoms with E-state index in [1.54, 1.807) is 18.2 Å². The topological polar surface area (TPSA) is 55.3 Å². The zero-order valence-electron chi connectivity index (χ0n) is 18.3. The number of thioether (sulfide) groups is 1. The van der Waals surface area contributed by atoms with Crippen LogP contribution in [0.15, 0.2) is 71.8 Å². The monoisotopic (exact) mass is 463 g/mol. The zero-order chi connectivity index (χ0) is 22.5.